The fraction of sp³-hybridized carbons (Fsp3) is 0.167. The van der Waals surface area contributed by atoms with Crippen molar-refractivity contribution >= 4 is 11.8 Å². The van der Waals surface area contributed by atoms with Gasteiger partial charge in [0.1, 0.15) is 17.3 Å². The summed E-state index contributed by atoms with van der Waals surface area (Å²) in [5.41, 5.74) is 1.23. The minimum atomic E-state index is -0.336. The van der Waals surface area contributed by atoms with Crippen LogP contribution in [-0.4, -0.2) is 33.7 Å². The zero-order chi connectivity index (χ0) is 21.5. The molecule has 0 aliphatic carbocycles. The molecule has 3 aromatic carbocycles. The van der Waals surface area contributed by atoms with Crippen LogP contribution in [0.5, 0.6) is 11.5 Å². The molecular formula is C24H22FN3O2S. The van der Waals surface area contributed by atoms with Gasteiger partial charge >= 0.3 is 0 Å². The maximum Gasteiger partial charge on any atom is 0.196 e. The molecule has 4 aromatic rings. The van der Waals surface area contributed by atoms with E-state index in [1.165, 1.54) is 17.8 Å². The second-order valence-electron chi connectivity index (χ2n) is 6.56. The first-order chi connectivity index (χ1) is 15.3. The molecule has 0 saturated heterocycles. The number of rotatable bonds is 9. The molecule has 0 unspecified atom stereocenters. The number of benzene rings is 3. The van der Waals surface area contributed by atoms with Crippen LogP contribution in [-0.2, 0) is 0 Å². The largest absolute Gasteiger partial charge is 0.494 e. The van der Waals surface area contributed by atoms with Crippen molar-refractivity contribution < 1.29 is 13.9 Å². The van der Waals surface area contributed by atoms with Gasteiger partial charge in [0.05, 0.1) is 18.9 Å². The lowest BCUT2D eigenvalue weighted by Crippen LogP contribution is -2.05. The number of aromatic nitrogens is 3. The lowest BCUT2D eigenvalue weighted by molar-refractivity contribution is 0.340. The molecule has 158 valence electrons. The van der Waals surface area contributed by atoms with Crippen LogP contribution in [0.3, 0.4) is 0 Å². The van der Waals surface area contributed by atoms with Crippen molar-refractivity contribution in [3.05, 3.63) is 84.7 Å². The van der Waals surface area contributed by atoms with Crippen LogP contribution in [0.15, 0.2) is 84.0 Å². The van der Waals surface area contributed by atoms with E-state index < -0.39 is 0 Å². The molecule has 0 aliphatic heterocycles. The van der Waals surface area contributed by atoms with Gasteiger partial charge in [-0.3, -0.25) is 4.57 Å². The zero-order valence-electron chi connectivity index (χ0n) is 17.1. The van der Waals surface area contributed by atoms with E-state index in [0.717, 1.165) is 17.1 Å². The highest BCUT2D eigenvalue weighted by molar-refractivity contribution is 7.99. The summed E-state index contributed by atoms with van der Waals surface area (Å²) in [6.45, 7) is 3.03. The minimum absolute atomic E-state index is 0.336. The van der Waals surface area contributed by atoms with Gasteiger partial charge in [0.2, 0.25) is 0 Å². The number of thioether (sulfide) groups is 1. The van der Waals surface area contributed by atoms with Gasteiger partial charge in [0.25, 0.3) is 0 Å². The Hall–Kier alpha value is -3.32. The molecule has 4 rings (SSSR count). The van der Waals surface area contributed by atoms with Crippen molar-refractivity contribution in [2.45, 2.75) is 12.1 Å². The number of halogens is 1. The Morgan fingerprint density at radius 1 is 0.839 bits per heavy atom. The molecule has 0 radical (unpaired) electrons. The van der Waals surface area contributed by atoms with E-state index in [1.807, 2.05) is 61.5 Å². The normalized spacial score (nSPS) is 10.8. The second-order valence-corrected chi connectivity index (χ2v) is 7.62. The Morgan fingerprint density at radius 2 is 1.55 bits per heavy atom. The Bertz CT molecular complexity index is 1120. The van der Waals surface area contributed by atoms with Gasteiger partial charge in [0.15, 0.2) is 11.0 Å². The van der Waals surface area contributed by atoms with Crippen LogP contribution >= 0.6 is 11.8 Å². The van der Waals surface area contributed by atoms with Crippen molar-refractivity contribution in [3.8, 4) is 28.6 Å². The molecule has 0 bridgehead atoms. The van der Waals surface area contributed by atoms with Crippen LogP contribution in [0.4, 0.5) is 4.39 Å². The fourth-order valence-corrected chi connectivity index (χ4v) is 3.84. The van der Waals surface area contributed by atoms with Crippen LogP contribution in [0.25, 0.3) is 17.1 Å². The van der Waals surface area contributed by atoms with Gasteiger partial charge in [-0.25, -0.2) is 4.39 Å². The van der Waals surface area contributed by atoms with Crippen LogP contribution < -0.4 is 9.47 Å². The smallest absolute Gasteiger partial charge is 0.196 e. The molecule has 0 fully saturated rings. The third-order valence-electron chi connectivity index (χ3n) is 4.48. The fourth-order valence-electron chi connectivity index (χ4n) is 3.08. The number of hydrogen-bond acceptors (Lipinski definition) is 5. The van der Waals surface area contributed by atoms with Gasteiger partial charge < -0.3 is 9.47 Å². The van der Waals surface area contributed by atoms with Crippen molar-refractivity contribution in [1.82, 2.24) is 14.8 Å². The van der Waals surface area contributed by atoms with E-state index >= 15 is 0 Å². The Morgan fingerprint density at radius 3 is 2.29 bits per heavy atom. The summed E-state index contributed by atoms with van der Waals surface area (Å²) in [7, 11) is 0. The highest BCUT2D eigenvalue weighted by Gasteiger charge is 2.18. The van der Waals surface area contributed by atoms with Gasteiger partial charge in [0, 0.05) is 11.3 Å². The van der Waals surface area contributed by atoms with Crippen molar-refractivity contribution in [3.63, 3.8) is 0 Å². The van der Waals surface area contributed by atoms with E-state index in [0.29, 0.717) is 35.6 Å². The lowest BCUT2D eigenvalue weighted by Gasteiger charge is -2.12. The van der Waals surface area contributed by atoms with E-state index in [9.17, 15) is 4.39 Å². The maximum absolute atomic E-state index is 14.7. The van der Waals surface area contributed by atoms with Gasteiger partial charge in [-0.1, -0.05) is 42.1 Å². The topological polar surface area (TPSA) is 49.2 Å². The second kappa shape index (κ2) is 10.1. The van der Waals surface area contributed by atoms with Crippen molar-refractivity contribution in [1.29, 1.82) is 0 Å². The minimum Gasteiger partial charge on any atom is -0.494 e. The third-order valence-corrected chi connectivity index (χ3v) is 5.37. The molecular weight excluding hydrogens is 413 g/mol. The first kappa shape index (κ1) is 20.9. The lowest BCUT2D eigenvalue weighted by atomic mass is 10.2. The van der Waals surface area contributed by atoms with E-state index in [1.54, 1.807) is 22.8 Å². The monoisotopic (exact) mass is 435 g/mol. The average molecular weight is 436 g/mol. The molecule has 0 N–H and O–H groups in total. The summed E-state index contributed by atoms with van der Waals surface area (Å²) < 4.78 is 27.7. The van der Waals surface area contributed by atoms with Crippen LogP contribution in [0, 0.1) is 5.82 Å². The molecule has 1 heterocycles. The van der Waals surface area contributed by atoms with Gasteiger partial charge in [-0.05, 0) is 55.5 Å². The number of ether oxygens (including phenoxy) is 2. The number of hydrogen-bond donors (Lipinski definition) is 0. The van der Waals surface area contributed by atoms with Gasteiger partial charge in [-0.2, -0.15) is 0 Å². The molecule has 31 heavy (non-hydrogen) atoms. The van der Waals surface area contributed by atoms with Crippen molar-refractivity contribution in [2.75, 3.05) is 19.0 Å². The predicted molar refractivity (Wildman–Crippen MR) is 121 cm³/mol. The summed E-state index contributed by atoms with van der Waals surface area (Å²) in [5.74, 6) is 2.46. The molecule has 0 saturated carbocycles. The van der Waals surface area contributed by atoms with E-state index in [4.69, 9.17) is 9.47 Å². The third kappa shape index (κ3) is 5.06. The molecule has 0 atom stereocenters. The van der Waals surface area contributed by atoms with E-state index in [-0.39, 0.29) is 5.82 Å². The molecule has 7 heteroatoms. The zero-order valence-corrected chi connectivity index (χ0v) is 17.9. The SMILES string of the molecule is CCOc1ccc(-c2nnc(SCCOc3ccccc3)n2-c2ccccc2F)cc1. The summed E-state index contributed by atoms with van der Waals surface area (Å²) >= 11 is 1.47. The number of nitrogens with zero attached hydrogens (tertiary/aromatic N) is 3. The molecule has 0 spiro atoms. The quantitative estimate of drug-likeness (QED) is 0.251. The summed E-state index contributed by atoms with van der Waals surface area (Å²) in [5, 5.41) is 9.30. The predicted octanol–water partition coefficient (Wildman–Crippen LogP) is 5.64. The highest BCUT2D eigenvalue weighted by atomic mass is 32.2. The summed E-state index contributed by atoms with van der Waals surface area (Å²) in [4.78, 5) is 0. The standard InChI is InChI=1S/C24H22FN3O2S/c1-2-29-20-14-12-18(13-15-20)23-26-27-24(28(23)22-11-7-6-10-21(22)25)31-17-16-30-19-8-4-3-5-9-19/h3-15H,2,16-17H2,1H3. The average Bonchev–Trinajstić information content (AvgIpc) is 3.22. The number of para-hydroxylation sites is 2. The molecule has 0 amide bonds. The first-order valence-corrected chi connectivity index (χ1v) is 11.0. The molecule has 1 aromatic heterocycles. The van der Waals surface area contributed by atoms with Gasteiger partial charge in [-0.15, -0.1) is 10.2 Å². The molecule has 5 nitrogen and oxygen atoms in total. The Labute approximate surface area is 184 Å². The Balaban J connectivity index is 1.59. The summed E-state index contributed by atoms with van der Waals surface area (Å²) in [6.07, 6.45) is 0. The highest BCUT2D eigenvalue weighted by Crippen LogP contribution is 2.30. The van der Waals surface area contributed by atoms with Crippen LogP contribution in [0.2, 0.25) is 0 Å². The van der Waals surface area contributed by atoms with Crippen molar-refractivity contribution in [2.24, 2.45) is 0 Å². The summed E-state index contributed by atoms with van der Waals surface area (Å²) in [6, 6.07) is 23.8. The Kier molecular flexibility index (Phi) is 6.84. The van der Waals surface area contributed by atoms with E-state index in [2.05, 4.69) is 10.2 Å². The van der Waals surface area contributed by atoms with Crippen LogP contribution in [0.1, 0.15) is 6.92 Å². The first-order valence-electron chi connectivity index (χ1n) is 10.0. The molecule has 0 aliphatic rings. The maximum atomic E-state index is 14.7.